The van der Waals surface area contributed by atoms with Crippen LogP contribution in [0, 0.1) is 0 Å². The Balaban J connectivity index is 2.69. The van der Waals surface area contributed by atoms with Crippen LogP contribution in [0.25, 0.3) is 0 Å². The van der Waals surface area contributed by atoms with Crippen molar-refractivity contribution in [2.45, 2.75) is 64.6 Å². The van der Waals surface area contributed by atoms with Gasteiger partial charge < -0.3 is 16.0 Å². The monoisotopic (exact) mass is 410 g/mol. The van der Waals surface area contributed by atoms with Gasteiger partial charge in [-0.15, -0.1) is 0 Å². The summed E-state index contributed by atoms with van der Waals surface area (Å²) in [5.41, 5.74) is 1.20. The van der Waals surface area contributed by atoms with E-state index in [1.165, 1.54) is 11.8 Å². The van der Waals surface area contributed by atoms with E-state index < -0.39 is 9.84 Å². The van der Waals surface area contributed by atoms with Crippen molar-refractivity contribution < 1.29 is 8.42 Å². The van der Waals surface area contributed by atoms with Crippen molar-refractivity contribution in [3.8, 4) is 0 Å². The minimum Gasteiger partial charge on any atom is -0.355 e. The van der Waals surface area contributed by atoms with Crippen molar-refractivity contribution in [2.75, 3.05) is 25.6 Å². The van der Waals surface area contributed by atoms with Crippen molar-refractivity contribution in [1.82, 2.24) is 16.0 Å². The molecule has 0 amide bonds. The predicted molar refractivity (Wildman–Crippen MR) is 120 cm³/mol. The fraction of sp³-hybridized carbons (Fsp3) is 0.667. The number of nitrogens with one attached hydrogen (secondary N) is 3. The lowest BCUT2D eigenvalue weighted by molar-refractivity contribution is 0.271. The summed E-state index contributed by atoms with van der Waals surface area (Å²) in [7, 11) is -1.22. The molecule has 1 aromatic rings. The van der Waals surface area contributed by atoms with Gasteiger partial charge in [-0.25, -0.2) is 8.42 Å². The van der Waals surface area contributed by atoms with Crippen LogP contribution in [0.3, 0.4) is 0 Å². The first kappa shape index (κ1) is 24.4. The summed E-state index contributed by atoms with van der Waals surface area (Å²) >= 11 is 0. The molecule has 3 N–H and O–H groups in total. The summed E-state index contributed by atoms with van der Waals surface area (Å²) in [6, 6.07) is 10.7. The Kier molecular flexibility index (Phi) is 9.96. The molecule has 2 unspecified atom stereocenters. The first-order valence-corrected chi connectivity index (χ1v) is 12.2. The van der Waals surface area contributed by atoms with E-state index in [1.54, 1.807) is 7.05 Å². The van der Waals surface area contributed by atoms with E-state index in [0.717, 1.165) is 19.4 Å². The van der Waals surface area contributed by atoms with Crippen LogP contribution < -0.4 is 16.0 Å². The van der Waals surface area contributed by atoms with Crippen molar-refractivity contribution >= 4 is 15.8 Å². The summed E-state index contributed by atoms with van der Waals surface area (Å²) in [6.07, 6.45) is 3.78. The number of benzene rings is 1. The van der Waals surface area contributed by atoms with Crippen LogP contribution in [-0.2, 0) is 9.84 Å². The van der Waals surface area contributed by atoms with Gasteiger partial charge in [-0.05, 0) is 38.7 Å². The highest BCUT2D eigenvalue weighted by atomic mass is 32.2. The minimum absolute atomic E-state index is 0.0229. The van der Waals surface area contributed by atoms with Crippen molar-refractivity contribution in [2.24, 2.45) is 4.99 Å². The van der Waals surface area contributed by atoms with Gasteiger partial charge in [0.05, 0.1) is 5.75 Å². The van der Waals surface area contributed by atoms with Crippen LogP contribution in [0.5, 0.6) is 0 Å². The topological polar surface area (TPSA) is 82.6 Å². The van der Waals surface area contributed by atoms with E-state index in [0.29, 0.717) is 12.4 Å². The van der Waals surface area contributed by atoms with E-state index >= 15 is 0 Å². The third kappa shape index (κ3) is 8.61. The largest absolute Gasteiger partial charge is 0.355 e. The van der Waals surface area contributed by atoms with Gasteiger partial charge in [0.25, 0.3) is 0 Å². The van der Waals surface area contributed by atoms with Gasteiger partial charge in [0.2, 0.25) is 0 Å². The molecule has 1 rings (SSSR count). The summed E-state index contributed by atoms with van der Waals surface area (Å²) in [4.78, 5) is 4.30. The van der Waals surface area contributed by atoms with E-state index in [4.69, 9.17) is 0 Å². The van der Waals surface area contributed by atoms with Crippen LogP contribution in [0.2, 0.25) is 0 Å². The average molecular weight is 411 g/mol. The zero-order chi connectivity index (χ0) is 21.2. The molecule has 0 fully saturated rings. The van der Waals surface area contributed by atoms with E-state index in [1.807, 2.05) is 13.0 Å². The number of guanidine groups is 1. The number of sulfone groups is 1. The number of rotatable bonds is 11. The lowest BCUT2D eigenvalue weighted by Crippen LogP contribution is -2.56. The zero-order valence-electron chi connectivity index (χ0n) is 18.2. The molecule has 160 valence electrons. The lowest BCUT2D eigenvalue weighted by atomic mass is 9.90. The Morgan fingerprint density at radius 1 is 1.14 bits per heavy atom. The van der Waals surface area contributed by atoms with E-state index in [-0.39, 0.29) is 23.4 Å². The van der Waals surface area contributed by atoms with Gasteiger partial charge in [-0.3, -0.25) is 4.99 Å². The summed E-state index contributed by atoms with van der Waals surface area (Å²) in [5.74, 6) is 0.865. The van der Waals surface area contributed by atoms with E-state index in [2.05, 4.69) is 66.0 Å². The maximum atomic E-state index is 11.4. The highest BCUT2D eigenvalue weighted by molar-refractivity contribution is 7.90. The molecule has 0 radical (unpaired) electrons. The molecule has 0 aliphatic heterocycles. The summed E-state index contributed by atoms with van der Waals surface area (Å²) < 4.78 is 22.7. The van der Waals surface area contributed by atoms with Gasteiger partial charge in [-0.1, -0.05) is 44.2 Å². The Hall–Kier alpha value is -1.60. The van der Waals surface area contributed by atoms with E-state index in [9.17, 15) is 8.42 Å². The van der Waals surface area contributed by atoms with Crippen LogP contribution in [0.4, 0.5) is 0 Å². The average Bonchev–Trinajstić information content (AvgIpc) is 2.68. The quantitative estimate of drug-likeness (QED) is 0.386. The molecular formula is C21H38N4O2S. The fourth-order valence-corrected chi connectivity index (χ4v) is 3.97. The second-order valence-corrected chi connectivity index (χ2v) is 9.91. The van der Waals surface area contributed by atoms with Crippen LogP contribution in [0.1, 0.15) is 58.6 Å². The molecule has 0 aliphatic rings. The van der Waals surface area contributed by atoms with Crippen molar-refractivity contribution in [3.05, 3.63) is 35.9 Å². The summed E-state index contributed by atoms with van der Waals surface area (Å²) in [6.45, 7) is 9.29. The standard InChI is InChI=1S/C21H38N4O2S/c1-7-21(8-2,25-18(4)19-12-10-9-11-13-19)16-23-20(22-5)24-17(3)14-15-28(6,26)27/h9-13,17-18,25H,7-8,14-16H2,1-6H3,(H2,22,23,24). The Labute approximate surface area is 171 Å². The lowest BCUT2D eigenvalue weighted by Gasteiger charge is -2.37. The van der Waals surface area contributed by atoms with Crippen molar-refractivity contribution in [1.29, 1.82) is 0 Å². The number of hydrogen-bond donors (Lipinski definition) is 3. The second kappa shape index (κ2) is 11.4. The van der Waals surface area contributed by atoms with Gasteiger partial charge in [-0.2, -0.15) is 0 Å². The second-order valence-electron chi connectivity index (χ2n) is 7.65. The molecular weight excluding hydrogens is 372 g/mol. The molecule has 28 heavy (non-hydrogen) atoms. The molecule has 0 aliphatic carbocycles. The molecule has 0 saturated heterocycles. The predicted octanol–water partition coefficient (Wildman–Crippen LogP) is 2.88. The Morgan fingerprint density at radius 3 is 2.25 bits per heavy atom. The maximum absolute atomic E-state index is 11.4. The van der Waals surface area contributed by atoms with Crippen LogP contribution in [0.15, 0.2) is 35.3 Å². The number of hydrogen-bond acceptors (Lipinski definition) is 4. The highest BCUT2D eigenvalue weighted by Gasteiger charge is 2.28. The van der Waals surface area contributed by atoms with Gasteiger partial charge in [0.1, 0.15) is 9.84 Å². The van der Waals surface area contributed by atoms with Gasteiger partial charge >= 0.3 is 0 Å². The molecule has 0 bridgehead atoms. The van der Waals surface area contributed by atoms with Gasteiger partial charge in [0, 0.05) is 37.5 Å². The Bertz CT molecular complexity index is 700. The zero-order valence-corrected chi connectivity index (χ0v) is 19.1. The number of nitrogens with zero attached hydrogens (tertiary/aromatic N) is 1. The molecule has 6 nitrogen and oxygen atoms in total. The third-order valence-corrected chi connectivity index (χ3v) is 6.28. The molecule has 2 atom stereocenters. The molecule has 0 spiro atoms. The smallest absolute Gasteiger partial charge is 0.191 e. The summed E-state index contributed by atoms with van der Waals surface area (Å²) in [5, 5.41) is 10.5. The van der Waals surface area contributed by atoms with Gasteiger partial charge in [0.15, 0.2) is 5.96 Å². The minimum atomic E-state index is -2.96. The van der Waals surface area contributed by atoms with Crippen LogP contribution >= 0.6 is 0 Å². The highest BCUT2D eigenvalue weighted by Crippen LogP contribution is 2.21. The third-order valence-electron chi connectivity index (χ3n) is 5.30. The first-order valence-electron chi connectivity index (χ1n) is 10.1. The molecule has 0 heterocycles. The molecule has 0 aromatic heterocycles. The SMILES string of the molecule is CCC(CC)(CNC(=NC)NC(C)CCS(C)(=O)=O)NC(C)c1ccccc1. The Morgan fingerprint density at radius 2 is 1.75 bits per heavy atom. The first-order chi connectivity index (χ1) is 13.1. The normalized spacial score (nSPS) is 15.1. The molecule has 0 saturated carbocycles. The number of aliphatic imine (C=N–C) groups is 1. The molecule has 1 aromatic carbocycles. The van der Waals surface area contributed by atoms with Crippen molar-refractivity contribution in [3.63, 3.8) is 0 Å². The maximum Gasteiger partial charge on any atom is 0.191 e. The molecule has 7 heteroatoms. The van der Waals surface area contributed by atoms with Crippen LogP contribution in [-0.4, -0.2) is 51.6 Å². The fourth-order valence-electron chi connectivity index (χ4n) is 3.18.